The standard InChI is InChI=1S/C18H17N2O3PS/c1-24(22,23)14-7-4-12(5-8-14)18(21)20-16-11-13(6-9-15(16)19)17-3-2-10-25-17/h2-11H,19H2,1H3,(H,20,21)(H,22,23). The van der Waals surface area contributed by atoms with E-state index in [1.807, 2.05) is 29.6 Å². The second-order valence-corrected chi connectivity index (χ2v) is 8.88. The quantitative estimate of drug-likeness (QED) is 0.480. The van der Waals surface area contributed by atoms with Crippen molar-refractivity contribution < 1.29 is 14.3 Å². The number of nitrogens with one attached hydrogen (secondary N) is 1. The first-order chi connectivity index (χ1) is 11.8. The summed E-state index contributed by atoms with van der Waals surface area (Å²) in [6, 6.07) is 15.5. The number of anilines is 2. The first-order valence-electron chi connectivity index (χ1n) is 7.50. The van der Waals surface area contributed by atoms with Gasteiger partial charge in [-0.1, -0.05) is 12.1 Å². The van der Waals surface area contributed by atoms with Crippen LogP contribution in [0.5, 0.6) is 0 Å². The van der Waals surface area contributed by atoms with Crippen molar-refractivity contribution in [2.24, 2.45) is 0 Å². The fraction of sp³-hybridized carbons (Fsp3) is 0.0556. The molecule has 3 rings (SSSR count). The fourth-order valence-corrected chi connectivity index (χ4v) is 3.77. The molecule has 128 valence electrons. The van der Waals surface area contributed by atoms with E-state index in [4.69, 9.17) is 5.73 Å². The SMILES string of the molecule is CP(=O)(O)c1ccc(C(=O)Nc2cc(-c3cccs3)ccc2N)cc1. The number of benzene rings is 2. The summed E-state index contributed by atoms with van der Waals surface area (Å²) >= 11 is 1.61. The third-order valence-electron chi connectivity index (χ3n) is 3.72. The number of nitrogens with two attached hydrogens (primary N) is 1. The normalized spacial score (nSPS) is 13.2. The van der Waals surface area contributed by atoms with Gasteiger partial charge in [0.05, 0.1) is 11.4 Å². The maximum atomic E-state index is 12.4. The Morgan fingerprint density at radius 2 is 1.88 bits per heavy atom. The maximum Gasteiger partial charge on any atom is 0.255 e. The summed E-state index contributed by atoms with van der Waals surface area (Å²) in [5.41, 5.74) is 8.33. The minimum atomic E-state index is -3.33. The smallest absolute Gasteiger partial charge is 0.255 e. The molecule has 5 nitrogen and oxygen atoms in total. The van der Waals surface area contributed by atoms with E-state index in [1.165, 1.54) is 30.9 Å². The van der Waals surface area contributed by atoms with Gasteiger partial charge < -0.3 is 15.9 Å². The molecule has 0 fully saturated rings. The lowest BCUT2D eigenvalue weighted by molar-refractivity contribution is 0.102. The molecule has 0 bridgehead atoms. The van der Waals surface area contributed by atoms with Gasteiger partial charge in [-0.25, -0.2) is 0 Å². The lowest BCUT2D eigenvalue weighted by Crippen LogP contribution is -2.14. The van der Waals surface area contributed by atoms with Gasteiger partial charge in [0.1, 0.15) is 0 Å². The summed E-state index contributed by atoms with van der Waals surface area (Å²) in [6.45, 7) is 1.26. The maximum absolute atomic E-state index is 12.4. The van der Waals surface area contributed by atoms with Gasteiger partial charge in [-0.05, 0) is 53.4 Å². The van der Waals surface area contributed by atoms with Crippen LogP contribution >= 0.6 is 18.7 Å². The van der Waals surface area contributed by atoms with Crippen molar-refractivity contribution in [3.63, 3.8) is 0 Å². The Morgan fingerprint density at radius 3 is 2.48 bits per heavy atom. The van der Waals surface area contributed by atoms with Crippen LogP contribution in [0.1, 0.15) is 10.4 Å². The van der Waals surface area contributed by atoms with Crippen LogP contribution in [0.25, 0.3) is 10.4 Å². The van der Waals surface area contributed by atoms with Gasteiger partial charge in [-0.15, -0.1) is 11.3 Å². The van der Waals surface area contributed by atoms with Gasteiger partial charge in [0.2, 0.25) is 7.37 Å². The minimum Gasteiger partial charge on any atom is -0.397 e. The van der Waals surface area contributed by atoms with Crippen LogP contribution in [0.15, 0.2) is 60.0 Å². The summed E-state index contributed by atoms with van der Waals surface area (Å²) in [5, 5.41) is 5.09. The van der Waals surface area contributed by atoms with Gasteiger partial charge in [-0.2, -0.15) is 0 Å². The van der Waals surface area contributed by atoms with Gasteiger partial charge in [-0.3, -0.25) is 9.36 Å². The number of hydrogen-bond acceptors (Lipinski definition) is 4. The van der Waals surface area contributed by atoms with Gasteiger partial charge in [0.25, 0.3) is 5.91 Å². The molecule has 0 saturated carbocycles. The molecule has 0 spiro atoms. The molecule has 2 aromatic carbocycles. The van der Waals surface area contributed by atoms with E-state index >= 15 is 0 Å². The summed E-state index contributed by atoms with van der Waals surface area (Å²) < 4.78 is 11.6. The van der Waals surface area contributed by atoms with Crippen molar-refractivity contribution in [2.45, 2.75) is 0 Å². The van der Waals surface area contributed by atoms with Crippen LogP contribution in [-0.2, 0) is 4.57 Å². The lowest BCUT2D eigenvalue weighted by Gasteiger charge is -2.11. The topological polar surface area (TPSA) is 92.4 Å². The van der Waals surface area contributed by atoms with Crippen LogP contribution in [0.3, 0.4) is 0 Å². The molecule has 3 aromatic rings. The predicted molar refractivity (Wildman–Crippen MR) is 104 cm³/mol. The van der Waals surface area contributed by atoms with Crippen LogP contribution in [0.2, 0.25) is 0 Å². The highest BCUT2D eigenvalue weighted by Crippen LogP contribution is 2.34. The van der Waals surface area contributed by atoms with E-state index in [0.29, 0.717) is 22.2 Å². The number of thiophene rings is 1. The van der Waals surface area contributed by atoms with Crippen LogP contribution in [-0.4, -0.2) is 17.5 Å². The Kier molecular flexibility index (Phi) is 4.77. The van der Waals surface area contributed by atoms with Crippen molar-refractivity contribution >= 4 is 41.3 Å². The van der Waals surface area contributed by atoms with Crippen molar-refractivity contribution in [3.8, 4) is 10.4 Å². The van der Waals surface area contributed by atoms with Gasteiger partial charge >= 0.3 is 0 Å². The van der Waals surface area contributed by atoms with E-state index in [2.05, 4.69) is 5.32 Å². The molecule has 1 unspecified atom stereocenters. The fourth-order valence-electron chi connectivity index (χ4n) is 2.34. The lowest BCUT2D eigenvalue weighted by atomic mass is 10.1. The van der Waals surface area contributed by atoms with E-state index in [0.717, 1.165) is 10.4 Å². The zero-order chi connectivity index (χ0) is 18.0. The molecule has 1 amide bonds. The van der Waals surface area contributed by atoms with Crippen LogP contribution in [0, 0.1) is 0 Å². The number of carbonyl (C=O) groups excluding carboxylic acids is 1. The Bertz CT molecular complexity index is 947. The third kappa shape index (κ3) is 3.99. The van der Waals surface area contributed by atoms with E-state index in [-0.39, 0.29) is 5.91 Å². The number of nitrogen functional groups attached to an aromatic ring is 1. The van der Waals surface area contributed by atoms with Gasteiger partial charge in [0.15, 0.2) is 0 Å². The van der Waals surface area contributed by atoms with Crippen molar-refractivity contribution in [1.82, 2.24) is 0 Å². The second-order valence-electron chi connectivity index (χ2n) is 5.66. The Hall–Kier alpha value is -2.40. The molecule has 0 aliphatic carbocycles. The highest BCUT2D eigenvalue weighted by Gasteiger charge is 2.15. The molecule has 0 aliphatic rings. The summed E-state index contributed by atoms with van der Waals surface area (Å²) in [6.07, 6.45) is 0. The highest BCUT2D eigenvalue weighted by atomic mass is 32.1. The molecule has 0 saturated heterocycles. The molecule has 0 aliphatic heterocycles. The van der Waals surface area contributed by atoms with E-state index in [1.54, 1.807) is 17.4 Å². The average molecular weight is 372 g/mol. The molecule has 1 atom stereocenters. The number of amides is 1. The van der Waals surface area contributed by atoms with E-state index in [9.17, 15) is 14.3 Å². The Morgan fingerprint density at radius 1 is 1.16 bits per heavy atom. The molecule has 7 heteroatoms. The monoisotopic (exact) mass is 372 g/mol. The summed E-state index contributed by atoms with van der Waals surface area (Å²) in [7, 11) is -3.33. The number of carbonyl (C=O) groups is 1. The molecular weight excluding hydrogens is 355 g/mol. The third-order valence-corrected chi connectivity index (χ3v) is 5.89. The minimum absolute atomic E-state index is 0.309. The number of hydrogen-bond donors (Lipinski definition) is 3. The van der Waals surface area contributed by atoms with Crippen molar-refractivity contribution in [1.29, 1.82) is 0 Å². The molecule has 25 heavy (non-hydrogen) atoms. The molecule has 1 heterocycles. The summed E-state index contributed by atoms with van der Waals surface area (Å²) in [4.78, 5) is 23.1. The van der Waals surface area contributed by atoms with Crippen molar-refractivity contribution in [2.75, 3.05) is 17.7 Å². The largest absolute Gasteiger partial charge is 0.397 e. The molecule has 0 radical (unpaired) electrons. The molecule has 4 N–H and O–H groups in total. The first-order valence-corrected chi connectivity index (χ1v) is 10.5. The number of rotatable bonds is 4. The van der Waals surface area contributed by atoms with Gasteiger partial charge in [0, 0.05) is 22.4 Å². The Labute approximate surface area is 149 Å². The Balaban J connectivity index is 1.83. The van der Waals surface area contributed by atoms with Crippen LogP contribution < -0.4 is 16.4 Å². The molecular formula is C18H17N2O3PS. The van der Waals surface area contributed by atoms with Crippen LogP contribution in [0.4, 0.5) is 11.4 Å². The molecule has 1 aromatic heterocycles. The highest BCUT2D eigenvalue weighted by molar-refractivity contribution is 7.65. The van der Waals surface area contributed by atoms with Crippen molar-refractivity contribution in [3.05, 3.63) is 65.5 Å². The zero-order valence-electron chi connectivity index (χ0n) is 13.5. The zero-order valence-corrected chi connectivity index (χ0v) is 15.2. The predicted octanol–water partition coefficient (Wildman–Crippen LogP) is 3.78. The summed E-state index contributed by atoms with van der Waals surface area (Å²) in [5.74, 6) is -0.328. The average Bonchev–Trinajstić information content (AvgIpc) is 3.10. The van der Waals surface area contributed by atoms with E-state index < -0.39 is 7.37 Å². The first kappa shape index (κ1) is 17.4. The second kappa shape index (κ2) is 6.84.